The van der Waals surface area contributed by atoms with Gasteiger partial charge in [0.2, 0.25) is 0 Å². The van der Waals surface area contributed by atoms with Gasteiger partial charge in [-0.15, -0.1) is 0 Å². The van der Waals surface area contributed by atoms with E-state index in [-0.39, 0.29) is 0 Å². The zero-order valence-electron chi connectivity index (χ0n) is 8.13. The molecule has 13 heavy (non-hydrogen) atoms. The summed E-state index contributed by atoms with van der Waals surface area (Å²) in [4.78, 5) is 4.03. The third-order valence-corrected chi connectivity index (χ3v) is 2.20. The van der Waals surface area contributed by atoms with Gasteiger partial charge in [-0.2, -0.15) is 0 Å². The van der Waals surface area contributed by atoms with Crippen LogP contribution in [-0.2, 0) is 0 Å². The lowest BCUT2D eigenvalue weighted by Gasteiger charge is -2.13. The second kappa shape index (κ2) is 4.61. The van der Waals surface area contributed by atoms with Crippen LogP contribution in [0.3, 0.4) is 0 Å². The Morgan fingerprint density at radius 1 is 1.46 bits per heavy atom. The number of rotatable bonds is 3. The largest absolute Gasteiger partial charge is 0.244 e. The summed E-state index contributed by atoms with van der Waals surface area (Å²) in [5, 5.41) is 0.542. The third-order valence-electron chi connectivity index (χ3n) is 1.98. The lowest BCUT2D eigenvalue weighted by molar-refractivity contribution is 0.547. The Balaban J connectivity index is 2.66. The van der Waals surface area contributed by atoms with Gasteiger partial charge in [0.05, 0.1) is 0 Å². The van der Waals surface area contributed by atoms with Gasteiger partial charge in [-0.05, 0) is 36.8 Å². The fourth-order valence-electron chi connectivity index (χ4n) is 1.33. The Kier molecular flexibility index (Phi) is 3.73. The number of pyridine rings is 1. The SMILES string of the molecule is [CH2]C(CC(C)C)c1ccc(Cl)nc1. The Bertz CT molecular complexity index is 253. The molecule has 1 aromatic rings. The number of hydrogen-bond acceptors (Lipinski definition) is 1. The van der Waals surface area contributed by atoms with E-state index in [4.69, 9.17) is 11.6 Å². The van der Waals surface area contributed by atoms with Crippen molar-refractivity contribution >= 4 is 11.6 Å². The molecule has 0 aromatic carbocycles. The summed E-state index contributed by atoms with van der Waals surface area (Å²) in [6, 6.07) is 3.81. The van der Waals surface area contributed by atoms with Crippen molar-refractivity contribution in [3.05, 3.63) is 36.0 Å². The van der Waals surface area contributed by atoms with Crippen LogP contribution in [0.2, 0.25) is 5.15 Å². The van der Waals surface area contributed by atoms with Crippen molar-refractivity contribution in [2.45, 2.75) is 26.2 Å². The molecule has 0 bridgehead atoms. The molecule has 71 valence electrons. The van der Waals surface area contributed by atoms with Gasteiger partial charge >= 0.3 is 0 Å². The molecule has 1 atom stereocenters. The van der Waals surface area contributed by atoms with E-state index in [9.17, 15) is 0 Å². The molecule has 0 saturated carbocycles. The van der Waals surface area contributed by atoms with E-state index in [0.29, 0.717) is 17.0 Å². The van der Waals surface area contributed by atoms with Crippen molar-refractivity contribution < 1.29 is 0 Å². The van der Waals surface area contributed by atoms with Gasteiger partial charge in [-0.1, -0.05) is 31.5 Å². The minimum absolute atomic E-state index is 0.324. The normalized spacial score (nSPS) is 13.3. The van der Waals surface area contributed by atoms with Crippen LogP contribution < -0.4 is 0 Å². The summed E-state index contributed by atoms with van der Waals surface area (Å²) in [5.41, 5.74) is 1.16. The predicted octanol–water partition coefficient (Wildman–Crippen LogP) is 3.70. The highest BCUT2D eigenvalue weighted by Gasteiger charge is 2.07. The third kappa shape index (κ3) is 3.35. The van der Waals surface area contributed by atoms with E-state index in [1.807, 2.05) is 18.3 Å². The van der Waals surface area contributed by atoms with Crippen molar-refractivity contribution in [1.82, 2.24) is 4.98 Å². The molecule has 1 unspecified atom stereocenters. The van der Waals surface area contributed by atoms with Crippen LogP contribution in [0, 0.1) is 12.8 Å². The first kappa shape index (κ1) is 10.5. The number of nitrogens with zero attached hydrogens (tertiary/aromatic N) is 1. The van der Waals surface area contributed by atoms with Crippen LogP contribution in [0.15, 0.2) is 18.3 Å². The van der Waals surface area contributed by atoms with Gasteiger partial charge < -0.3 is 0 Å². The van der Waals surface area contributed by atoms with Crippen LogP contribution in [0.25, 0.3) is 0 Å². The van der Waals surface area contributed by atoms with Crippen LogP contribution in [0.1, 0.15) is 31.7 Å². The molecule has 2 heteroatoms. The van der Waals surface area contributed by atoms with E-state index >= 15 is 0 Å². The van der Waals surface area contributed by atoms with Gasteiger partial charge in [0, 0.05) is 6.20 Å². The maximum atomic E-state index is 5.69. The zero-order valence-corrected chi connectivity index (χ0v) is 8.88. The first-order valence-electron chi connectivity index (χ1n) is 4.54. The van der Waals surface area contributed by atoms with Gasteiger partial charge in [0.25, 0.3) is 0 Å². The van der Waals surface area contributed by atoms with Crippen LogP contribution in [0.5, 0.6) is 0 Å². The highest BCUT2D eigenvalue weighted by atomic mass is 35.5. The highest BCUT2D eigenvalue weighted by Crippen LogP contribution is 2.22. The average Bonchev–Trinajstić information content (AvgIpc) is 2.04. The van der Waals surface area contributed by atoms with Crippen molar-refractivity contribution in [2.24, 2.45) is 5.92 Å². The summed E-state index contributed by atoms with van der Waals surface area (Å²) in [6.45, 7) is 8.49. The standard InChI is InChI=1S/C11H15ClN/c1-8(2)6-9(3)10-4-5-11(12)13-7-10/h4-5,7-9H,3,6H2,1-2H3. The molecular weight excluding hydrogens is 182 g/mol. The van der Waals surface area contributed by atoms with Crippen molar-refractivity contribution in [3.8, 4) is 0 Å². The predicted molar refractivity (Wildman–Crippen MR) is 56.8 cm³/mol. The van der Waals surface area contributed by atoms with Gasteiger partial charge in [0.15, 0.2) is 0 Å². The molecule has 1 aromatic heterocycles. The molecule has 0 saturated heterocycles. The van der Waals surface area contributed by atoms with E-state index in [1.54, 1.807) is 0 Å². The lowest BCUT2D eigenvalue weighted by atomic mass is 9.93. The monoisotopic (exact) mass is 196 g/mol. The molecule has 1 nitrogen and oxygen atoms in total. The average molecular weight is 197 g/mol. The molecule has 0 spiro atoms. The zero-order chi connectivity index (χ0) is 9.84. The van der Waals surface area contributed by atoms with Crippen molar-refractivity contribution in [2.75, 3.05) is 0 Å². The Morgan fingerprint density at radius 3 is 2.62 bits per heavy atom. The fraction of sp³-hybridized carbons (Fsp3) is 0.455. The van der Waals surface area contributed by atoms with E-state index in [2.05, 4.69) is 25.8 Å². The minimum Gasteiger partial charge on any atom is -0.244 e. The molecule has 1 radical (unpaired) electrons. The molecule has 1 heterocycles. The topological polar surface area (TPSA) is 12.9 Å². The Hall–Kier alpha value is -0.560. The maximum absolute atomic E-state index is 5.69. The van der Waals surface area contributed by atoms with Crippen LogP contribution >= 0.6 is 11.6 Å². The Labute approximate surface area is 85.1 Å². The van der Waals surface area contributed by atoms with E-state index < -0.39 is 0 Å². The highest BCUT2D eigenvalue weighted by molar-refractivity contribution is 6.29. The maximum Gasteiger partial charge on any atom is 0.129 e. The van der Waals surface area contributed by atoms with Gasteiger partial charge in [-0.3, -0.25) is 0 Å². The molecule has 0 aliphatic heterocycles. The van der Waals surface area contributed by atoms with Crippen molar-refractivity contribution in [1.29, 1.82) is 0 Å². The second-order valence-electron chi connectivity index (χ2n) is 3.74. The van der Waals surface area contributed by atoms with E-state index in [1.165, 1.54) is 0 Å². The fourth-order valence-corrected chi connectivity index (χ4v) is 1.45. The summed E-state index contributed by atoms with van der Waals surface area (Å²) < 4.78 is 0. The molecule has 0 amide bonds. The van der Waals surface area contributed by atoms with Gasteiger partial charge in [-0.25, -0.2) is 4.98 Å². The van der Waals surface area contributed by atoms with Crippen LogP contribution in [-0.4, -0.2) is 4.98 Å². The quantitative estimate of drug-likeness (QED) is 0.672. The minimum atomic E-state index is 0.324. The number of halogens is 1. The second-order valence-corrected chi connectivity index (χ2v) is 4.13. The Morgan fingerprint density at radius 2 is 2.15 bits per heavy atom. The first-order valence-corrected chi connectivity index (χ1v) is 4.92. The number of hydrogen-bond donors (Lipinski definition) is 0. The molecule has 0 aliphatic rings. The van der Waals surface area contributed by atoms with Gasteiger partial charge in [0.1, 0.15) is 5.15 Å². The molecule has 0 N–H and O–H groups in total. The smallest absolute Gasteiger partial charge is 0.129 e. The van der Waals surface area contributed by atoms with Crippen molar-refractivity contribution in [3.63, 3.8) is 0 Å². The summed E-state index contributed by atoms with van der Waals surface area (Å²) in [6.07, 6.45) is 2.89. The molecule has 1 rings (SSSR count). The molecule has 0 fully saturated rings. The van der Waals surface area contributed by atoms with E-state index in [0.717, 1.165) is 12.0 Å². The summed E-state index contributed by atoms with van der Waals surface area (Å²) in [5.74, 6) is 0.989. The van der Waals surface area contributed by atoms with Crippen LogP contribution in [0.4, 0.5) is 0 Å². The lowest BCUT2D eigenvalue weighted by Crippen LogP contribution is -1.99. The first-order chi connectivity index (χ1) is 6.09. The molecule has 0 aliphatic carbocycles. The number of aromatic nitrogens is 1. The summed E-state index contributed by atoms with van der Waals surface area (Å²) in [7, 11) is 0. The molecular formula is C11H15ClN. The summed E-state index contributed by atoms with van der Waals surface area (Å²) >= 11 is 5.69.